The Morgan fingerprint density at radius 2 is 1.79 bits per heavy atom. The van der Waals surface area contributed by atoms with Gasteiger partial charge in [-0.1, -0.05) is 12.1 Å². The first kappa shape index (κ1) is 19.4. The van der Waals surface area contributed by atoms with E-state index in [2.05, 4.69) is 0 Å². The van der Waals surface area contributed by atoms with E-state index < -0.39 is 5.82 Å². The van der Waals surface area contributed by atoms with E-state index in [-0.39, 0.29) is 30.0 Å². The minimum atomic E-state index is -0.409. The standard InChI is InChI=1S/C22H22F2N2O3/c23-17-5-3-15(4-6-17)12-21(27)25-9-1-2-16(14-25)22(28)26-10-11-29-20-13-18(24)7-8-19(20)26/h3-8,13,16H,1-2,9-12,14H2. The molecule has 1 saturated heterocycles. The Labute approximate surface area is 167 Å². The van der Waals surface area contributed by atoms with Crippen molar-refractivity contribution in [3.05, 3.63) is 59.7 Å². The summed E-state index contributed by atoms with van der Waals surface area (Å²) in [6, 6.07) is 10.0. The van der Waals surface area contributed by atoms with Crippen LogP contribution in [0.5, 0.6) is 5.75 Å². The van der Waals surface area contributed by atoms with E-state index in [1.807, 2.05) is 0 Å². The minimum Gasteiger partial charge on any atom is -0.489 e. The van der Waals surface area contributed by atoms with E-state index in [0.29, 0.717) is 44.1 Å². The third kappa shape index (κ3) is 4.23. The van der Waals surface area contributed by atoms with Crippen LogP contribution in [0, 0.1) is 17.6 Å². The second-order valence-electron chi connectivity index (χ2n) is 7.43. The van der Waals surface area contributed by atoms with Crippen LogP contribution in [0.3, 0.4) is 0 Å². The molecule has 0 aliphatic carbocycles. The van der Waals surface area contributed by atoms with E-state index in [1.54, 1.807) is 28.0 Å². The normalized spacial score (nSPS) is 18.8. The molecular weight excluding hydrogens is 378 g/mol. The highest BCUT2D eigenvalue weighted by Crippen LogP contribution is 2.34. The van der Waals surface area contributed by atoms with Crippen molar-refractivity contribution in [1.82, 2.24) is 4.90 Å². The van der Waals surface area contributed by atoms with Gasteiger partial charge < -0.3 is 14.5 Å². The molecule has 2 aliphatic rings. The summed E-state index contributed by atoms with van der Waals surface area (Å²) in [5.74, 6) is -0.829. The molecule has 4 rings (SSSR count). The van der Waals surface area contributed by atoms with Gasteiger partial charge in [-0.25, -0.2) is 8.78 Å². The maximum Gasteiger partial charge on any atom is 0.232 e. The summed E-state index contributed by atoms with van der Waals surface area (Å²) in [5, 5.41) is 0. The molecule has 1 atom stereocenters. The Hall–Kier alpha value is -2.96. The predicted octanol–water partition coefficient (Wildman–Crippen LogP) is 3.17. The first-order chi connectivity index (χ1) is 14.0. The predicted molar refractivity (Wildman–Crippen MR) is 104 cm³/mol. The minimum absolute atomic E-state index is 0.0690. The van der Waals surface area contributed by atoms with Crippen molar-refractivity contribution in [2.75, 3.05) is 31.1 Å². The van der Waals surface area contributed by atoms with E-state index in [0.717, 1.165) is 12.0 Å². The quantitative estimate of drug-likeness (QED) is 0.795. The van der Waals surface area contributed by atoms with E-state index in [9.17, 15) is 18.4 Å². The lowest BCUT2D eigenvalue weighted by Gasteiger charge is -2.37. The number of nitrogens with zero attached hydrogens (tertiary/aromatic N) is 2. The van der Waals surface area contributed by atoms with Gasteiger partial charge in [-0.2, -0.15) is 0 Å². The molecule has 1 fully saturated rings. The zero-order valence-electron chi connectivity index (χ0n) is 15.9. The Kier molecular flexibility index (Phi) is 5.47. The van der Waals surface area contributed by atoms with Gasteiger partial charge in [-0.05, 0) is 42.7 Å². The number of piperidine rings is 1. The summed E-state index contributed by atoms with van der Waals surface area (Å²) in [6.07, 6.45) is 1.63. The number of hydrogen-bond donors (Lipinski definition) is 0. The molecule has 0 aromatic heterocycles. The van der Waals surface area contributed by atoms with Gasteiger partial charge in [-0.15, -0.1) is 0 Å². The highest BCUT2D eigenvalue weighted by molar-refractivity contribution is 5.97. The van der Waals surface area contributed by atoms with Gasteiger partial charge in [0.15, 0.2) is 0 Å². The number of likely N-dealkylation sites (tertiary alicyclic amines) is 1. The van der Waals surface area contributed by atoms with Crippen molar-refractivity contribution in [1.29, 1.82) is 0 Å². The van der Waals surface area contributed by atoms with E-state index in [1.165, 1.54) is 24.3 Å². The average molecular weight is 400 g/mol. The van der Waals surface area contributed by atoms with Crippen molar-refractivity contribution in [2.24, 2.45) is 5.92 Å². The molecule has 0 bridgehead atoms. The molecule has 2 aromatic rings. The number of anilines is 1. The van der Waals surface area contributed by atoms with Gasteiger partial charge in [0.25, 0.3) is 0 Å². The molecule has 152 valence electrons. The number of ether oxygens (including phenoxy) is 1. The molecule has 2 aromatic carbocycles. The topological polar surface area (TPSA) is 49.9 Å². The number of carbonyl (C=O) groups excluding carboxylic acids is 2. The molecule has 0 saturated carbocycles. The maximum atomic E-state index is 13.5. The third-order valence-electron chi connectivity index (χ3n) is 5.44. The summed E-state index contributed by atoms with van der Waals surface area (Å²) >= 11 is 0. The molecule has 0 N–H and O–H groups in total. The molecule has 5 nitrogen and oxygen atoms in total. The molecule has 2 aliphatic heterocycles. The van der Waals surface area contributed by atoms with E-state index in [4.69, 9.17) is 4.74 Å². The van der Waals surface area contributed by atoms with Crippen LogP contribution in [0.15, 0.2) is 42.5 Å². The van der Waals surface area contributed by atoms with Crippen molar-refractivity contribution < 1.29 is 23.1 Å². The molecule has 29 heavy (non-hydrogen) atoms. The van der Waals surface area contributed by atoms with E-state index >= 15 is 0 Å². The third-order valence-corrected chi connectivity index (χ3v) is 5.44. The first-order valence-electron chi connectivity index (χ1n) is 9.77. The summed E-state index contributed by atoms with van der Waals surface area (Å²) in [6.45, 7) is 1.67. The number of benzene rings is 2. The zero-order chi connectivity index (χ0) is 20.4. The second-order valence-corrected chi connectivity index (χ2v) is 7.43. The van der Waals surface area contributed by atoms with Crippen LogP contribution in [0.25, 0.3) is 0 Å². The second kappa shape index (κ2) is 8.19. The van der Waals surface area contributed by atoms with Crippen LogP contribution in [-0.4, -0.2) is 43.0 Å². The van der Waals surface area contributed by atoms with Crippen LogP contribution >= 0.6 is 0 Å². The number of carbonyl (C=O) groups is 2. The van der Waals surface area contributed by atoms with Crippen LogP contribution in [0.2, 0.25) is 0 Å². The van der Waals surface area contributed by atoms with Gasteiger partial charge in [0.2, 0.25) is 11.8 Å². The van der Waals surface area contributed by atoms with Crippen LogP contribution in [-0.2, 0) is 16.0 Å². The van der Waals surface area contributed by atoms with Gasteiger partial charge >= 0.3 is 0 Å². The summed E-state index contributed by atoms with van der Waals surface area (Å²) in [7, 11) is 0. The first-order valence-corrected chi connectivity index (χ1v) is 9.77. The summed E-state index contributed by atoms with van der Waals surface area (Å²) < 4.78 is 32.0. The fraction of sp³-hybridized carbons (Fsp3) is 0.364. The van der Waals surface area contributed by atoms with Crippen molar-refractivity contribution in [2.45, 2.75) is 19.3 Å². The SMILES string of the molecule is O=C(Cc1ccc(F)cc1)N1CCCC(C(=O)N2CCOc3cc(F)ccc32)C1. The lowest BCUT2D eigenvalue weighted by atomic mass is 9.95. The van der Waals surface area contributed by atoms with Crippen LogP contribution < -0.4 is 9.64 Å². The summed E-state index contributed by atoms with van der Waals surface area (Å²) in [5.41, 5.74) is 1.31. The molecular formula is C22H22F2N2O3. The number of rotatable bonds is 3. The van der Waals surface area contributed by atoms with Crippen molar-refractivity contribution in [3.63, 3.8) is 0 Å². The Balaban J connectivity index is 1.44. The fourth-order valence-corrected chi connectivity index (χ4v) is 3.94. The van der Waals surface area contributed by atoms with Crippen molar-refractivity contribution in [3.8, 4) is 5.75 Å². The number of hydrogen-bond acceptors (Lipinski definition) is 3. The fourth-order valence-electron chi connectivity index (χ4n) is 3.94. The molecule has 2 amide bonds. The smallest absolute Gasteiger partial charge is 0.232 e. The Bertz CT molecular complexity index is 917. The van der Waals surface area contributed by atoms with Crippen molar-refractivity contribution >= 4 is 17.5 Å². The highest BCUT2D eigenvalue weighted by atomic mass is 19.1. The lowest BCUT2D eigenvalue weighted by Crippen LogP contribution is -2.49. The van der Waals surface area contributed by atoms with Gasteiger partial charge in [0.05, 0.1) is 24.6 Å². The lowest BCUT2D eigenvalue weighted by molar-refractivity contribution is -0.134. The Morgan fingerprint density at radius 1 is 1.03 bits per heavy atom. The number of halogens is 2. The van der Waals surface area contributed by atoms with Crippen LogP contribution in [0.1, 0.15) is 18.4 Å². The van der Waals surface area contributed by atoms with Gasteiger partial charge in [0.1, 0.15) is 24.0 Å². The number of amides is 2. The Morgan fingerprint density at radius 3 is 2.59 bits per heavy atom. The number of fused-ring (bicyclic) bond motifs is 1. The average Bonchev–Trinajstić information content (AvgIpc) is 2.74. The summed E-state index contributed by atoms with van der Waals surface area (Å²) in [4.78, 5) is 29.2. The monoisotopic (exact) mass is 400 g/mol. The molecule has 1 unspecified atom stereocenters. The van der Waals surface area contributed by atoms with Gasteiger partial charge in [-0.3, -0.25) is 9.59 Å². The largest absolute Gasteiger partial charge is 0.489 e. The highest BCUT2D eigenvalue weighted by Gasteiger charge is 2.34. The van der Waals surface area contributed by atoms with Crippen LogP contribution in [0.4, 0.5) is 14.5 Å². The molecule has 2 heterocycles. The molecule has 0 radical (unpaired) electrons. The molecule has 0 spiro atoms. The van der Waals surface area contributed by atoms with Gasteiger partial charge in [0, 0.05) is 19.2 Å². The maximum absolute atomic E-state index is 13.5. The zero-order valence-corrected chi connectivity index (χ0v) is 15.9. The molecule has 7 heteroatoms.